The summed E-state index contributed by atoms with van der Waals surface area (Å²) in [6, 6.07) is 3.11. The number of amides is 2. The Hall–Kier alpha value is -2.08. The fraction of sp³-hybridized carbons (Fsp3) is 0.385. The Bertz CT molecular complexity index is 477. The minimum Gasteiger partial charge on any atom is -0.448 e. The van der Waals surface area contributed by atoms with E-state index in [2.05, 4.69) is 4.74 Å². The summed E-state index contributed by atoms with van der Waals surface area (Å²) in [4.78, 5) is 21.6. The zero-order valence-electron chi connectivity index (χ0n) is 11.1. The van der Waals surface area contributed by atoms with Crippen molar-refractivity contribution in [1.82, 2.24) is 0 Å². The third-order valence-corrected chi connectivity index (χ3v) is 2.89. The highest BCUT2D eigenvalue weighted by atomic mass is 16.5. The highest BCUT2D eigenvalue weighted by Crippen LogP contribution is 2.18. The standard InChI is InChI=1S/C13H19N3O3/c1-7-3-9(12(15)17)4-8(2)11(7)5-10(14)6-19-13(16)18/h3-4,10H,5-6,14H2,1-2H3,(H2,15,17)(H2,16,18)/t10-/m0/s1. The van der Waals surface area contributed by atoms with Crippen LogP contribution in [0.3, 0.4) is 0 Å². The molecule has 0 spiro atoms. The van der Waals surface area contributed by atoms with E-state index in [1.807, 2.05) is 13.8 Å². The van der Waals surface area contributed by atoms with Crippen LogP contribution >= 0.6 is 0 Å². The topological polar surface area (TPSA) is 121 Å². The number of benzene rings is 1. The number of hydrogen-bond acceptors (Lipinski definition) is 4. The lowest BCUT2D eigenvalue weighted by Gasteiger charge is -2.16. The molecule has 19 heavy (non-hydrogen) atoms. The molecule has 6 nitrogen and oxygen atoms in total. The van der Waals surface area contributed by atoms with E-state index in [0.29, 0.717) is 12.0 Å². The molecule has 0 saturated carbocycles. The van der Waals surface area contributed by atoms with E-state index in [0.717, 1.165) is 16.7 Å². The Morgan fingerprint density at radius 3 is 2.16 bits per heavy atom. The van der Waals surface area contributed by atoms with Crippen molar-refractivity contribution in [3.05, 3.63) is 34.4 Å². The largest absolute Gasteiger partial charge is 0.448 e. The van der Waals surface area contributed by atoms with Crippen molar-refractivity contribution in [1.29, 1.82) is 0 Å². The van der Waals surface area contributed by atoms with Gasteiger partial charge in [-0.2, -0.15) is 0 Å². The molecule has 6 N–H and O–H groups in total. The SMILES string of the molecule is Cc1cc(C(N)=O)cc(C)c1C[C@H](N)COC(N)=O. The normalized spacial score (nSPS) is 11.9. The summed E-state index contributed by atoms with van der Waals surface area (Å²) < 4.78 is 4.66. The summed E-state index contributed by atoms with van der Waals surface area (Å²) in [5.41, 5.74) is 19.4. The van der Waals surface area contributed by atoms with E-state index in [9.17, 15) is 9.59 Å². The van der Waals surface area contributed by atoms with Crippen molar-refractivity contribution in [2.75, 3.05) is 6.61 Å². The number of carbonyl (C=O) groups excluding carboxylic acids is 2. The van der Waals surface area contributed by atoms with Gasteiger partial charge in [0.25, 0.3) is 0 Å². The third kappa shape index (κ3) is 4.26. The van der Waals surface area contributed by atoms with E-state index in [4.69, 9.17) is 17.2 Å². The molecule has 0 radical (unpaired) electrons. The molecule has 1 aromatic rings. The van der Waals surface area contributed by atoms with Crippen molar-refractivity contribution in [3.8, 4) is 0 Å². The quantitative estimate of drug-likeness (QED) is 0.711. The molecule has 0 aliphatic heterocycles. The predicted molar refractivity (Wildman–Crippen MR) is 71.6 cm³/mol. The molecule has 0 unspecified atom stereocenters. The zero-order valence-corrected chi connectivity index (χ0v) is 11.1. The van der Waals surface area contributed by atoms with Crippen LogP contribution in [0.25, 0.3) is 0 Å². The van der Waals surface area contributed by atoms with E-state index in [-0.39, 0.29) is 12.6 Å². The molecule has 1 atom stereocenters. The third-order valence-electron chi connectivity index (χ3n) is 2.89. The summed E-state index contributed by atoms with van der Waals surface area (Å²) in [5, 5.41) is 0. The van der Waals surface area contributed by atoms with Crippen LogP contribution in [-0.2, 0) is 11.2 Å². The first-order valence-corrected chi connectivity index (χ1v) is 5.89. The van der Waals surface area contributed by atoms with Crippen LogP contribution in [0, 0.1) is 13.8 Å². The lowest BCUT2D eigenvalue weighted by molar-refractivity contribution is 0.1000. The van der Waals surface area contributed by atoms with Gasteiger partial charge in [0.05, 0.1) is 0 Å². The maximum Gasteiger partial charge on any atom is 0.404 e. The van der Waals surface area contributed by atoms with Crippen LogP contribution in [0.5, 0.6) is 0 Å². The van der Waals surface area contributed by atoms with Gasteiger partial charge in [0.15, 0.2) is 0 Å². The van der Waals surface area contributed by atoms with Crippen molar-refractivity contribution in [2.24, 2.45) is 17.2 Å². The van der Waals surface area contributed by atoms with Gasteiger partial charge in [-0.05, 0) is 49.1 Å². The molecular weight excluding hydrogens is 246 g/mol. The van der Waals surface area contributed by atoms with E-state index < -0.39 is 12.0 Å². The second-order valence-electron chi connectivity index (χ2n) is 4.55. The first kappa shape index (κ1) is 15.0. The van der Waals surface area contributed by atoms with Gasteiger partial charge >= 0.3 is 6.09 Å². The number of primary amides is 2. The molecule has 0 aliphatic rings. The first-order valence-electron chi connectivity index (χ1n) is 5.89. The number of nitrogens with two attached hydrogens (primary N) is 3. The molecule has 0 aromatic heterocycles. The fourth-order valence-electron chi connectivity index (χ4n) is 1.97. The smallest absolute Gasteiger partial charge is 0.404 e. The van der Waals surface area contributed by atoms with Crippen molar-refractivity contribution in [3.63, 3.8) is 0 Å². The van der Waals surface area contributed by atoms with E-state index in [1.165, 1.54) is 0 Å². The molecule has 104 valence electrons. The summed E-state index contributed by atoms with van der Waals surface area (Å²) >= 11 is 0. The average Bonchev–Trinajstić information content (AvgIpc) is 2.30. The molecule has 0 aliphatic carbocycles. The maximum atomic E-state index is 11.1. The maximum absolute atomic E-state index is 11.1. The fourth-order valence-corrected chi connectivity index (χ4v) is 1.97. The van der Waals surface area contributed by atoms with E-state index >= 15 is 0 Å². The Morgan fingerprint density at radius 2 is 1.74 bits per heavy atom. The summed E-state index contributed by atoms with van der Waals surface area (Å²) in [6.07, 6.45) is -0.308. The number of aryl methyl sites for hydroxylation is 2. The Balaban J connectivity index is 2.84. The van der Waals surface area contributed by atoms with Crippen LogP contribution in [-0.4, -0.2) is 24.6 Å². The second kappa shape index (κ2) is 6.19. The van der Waals surface area contributed by atoms with Gasteiger partial charge in [0, 0.05) is 11.6 Å². The van der Waals surface area contributed by atoms with Gasteiger partial charge < -0.3 is 21.9 Å². The van der Waals surface area contributed by atoms with Crippen molar-refractivity contribution < 1.29 is 14.3 Å². The molecule has 0 fully saturated rings. The number of rotatable bonds is 5. The molecule has 6 heteroatoms. The van der Waals surface area contributed by atoms with Gasteiger partial charge in [0.2, 0.25) is 5.91 Å². The highest BCUT2D eigenvalue weighted by Gasteiger charge is 2.13. The van der Waals surface area contributed by atoms with Crippen molar-refractivity contribution in [2.45, 2.75) is 26.3 Å². The Kier molecular flexibility index (Phi) is 4.88. The van der Waals surface area contributed by atoms with Gasteiger partial charge in [-0.15, -0.1) is 0 Å². The minimum absolute atomic E-state index is 0.0613. The molecule has 2 amide bonds. The van der Waals surface area contributed by atoms with Crippen LogP contribution in [0.2, 0.25) is 0 Å². The Labute approximate surface area is 111 Å². The highest BCUT2D eigenvalue weighted by molar-refractivity contribution is 5.93. The average molecular weight is 265 g/mol. The molecule has 1 rings (SSSR count). The molecule has 0 heterocycles. The van der Waals surface area contributed by atoms with Gasteiger partial charge in [-0.1, -0.05) is 0 Å². The van der Waals surface area contributed by atoms with Gasteiger partial charge in [0.1, 0.15) is 6.61 Å². The predicted octanol–water partition coefficient (Wildman–Crippen LogP) is 0.367. The van der Waals surface area contributed by atoms with Gasteiger partial charge in [-0.3, -0.25) is 4.79 Å². The molecule has 1 aromatic carbocycles. The second-order valence-corrected chi connectivity index (χ2v) is 4.55. The van der Waals surface area contributed by atoms with Crippen LogP contribution in [0.15, 0.2) is 12.1 Å². The lowest BCUT2D eigenvalue weighted by Crippen LogP contribution is -2.32. The molecular formula is C13H19N3O3. The zero-order chi connectivity index (χ0) is 14.6. The molecule has 0 saturated heterocycles. The summed E-state index contributed by atoms with van der Waals surface area (Å²) in [7, 11) is 0. The van der Waals surface area contributed by atoms with E-state index in [1.54, 1.807) is 12.1 Å². The van der Waals surface area contributed by atoms with Crippen LogP contribution in [0.4, 0.5) is 4.79 Å². The first-order chi connectivity index (χ1) is 8.81. The monoisotopic (exact) mass is 265 g/mol. The lowest BCUT2D eigenvalue weighted by atomic mass is 9.94. The summed E-state index contributed by atoms with van der Waals surface area (Å²) in [6.45, 7) is 3.83. The number of carbonyl (C=O) groups is 2. The van der Waals surface area contributed by atoms with Crippen molar-refractivity contribution >= 4 is 12.0 Å². The minimum atomic E-state index is -0.840. The molecule has 0 bridgehead atoms. The number of hydrogen-bond donors (Lipinski definition) is 3. The van der Waals surface area contributed by atoms with Crippen LogP contribution < -0.4 is 17.2 Å². The number of ether oxygens (including phenoxy) is 1. The van der Waals surface area contributed by atoms with Gasteiger partial charge in [-0.25, -0.2) is 4.79 Å². The van der Waals surface area contributed by atoms with Crippen LogP contribution in [0.1, 0.15) is 27.0 Å². The summed E-state index contributed by atoms with van der Waals surface area (Å²) in [5.74, 6) is -0.459. The Morgan fingerprint density at radius 1 is 1.21 bits per heavy atom.